The number of anilines is 1. The van der Waals surface area contributed by atoms with Gasteiger partial charge in [-0.05, 0) is 31.0 Å². The van der Waals surface area contributed by atoms with Crippen molar-refractivity contribution in [3.8, 4) is 0 Å². The van der Waals surface area contributed by atoms with Crippen LogP contribution in [0.25, 0.3) is 11.1 Å². The van der Waals surface area contributed by atoms with Gasteiger partial charge < -0.3 is 14.6 Å². The first kappa shape index (κ1) is 17.0. The van der Waals surface area contributed by atoms with Crippen LogP contribution < -0.4 is 5.32 Å². The molecule has 2 heterocycles. The van der Waals surface area contributed by atoms with E-state index in [0.29, 0.717) is 28.2 Å². The summed E-state index contributed by atoms with van der Waals surface area (Å²) in [5, 5.41) is 9.15. The fourth-order valence-corrected chi connectivity index (χ4v) is 2.79. The van der Waals surface area contributed by atoms with Gasteiger partial charge >= 0.3 is 0 Å². The van der Waals surface area contributed by atoms with Crippen molar-refractivity contribution in [2.75, 3.05) is 19.0 Å². The third kappa shape index (κ3) is 3.45. The Kier molecular flexibility index (Phi) is 5.18. The quantitative estimate of drug-likeness (QED) is 0.695. The number of aromatic nitrogens is 3. The van der Waals surface area contributed by atoms with Crippen molar-refractivity contribution in [1.82, 2.24) is 15.1 Å². The predicted molar refractivity (Wildman–Crippen MR) is 93.7 cm³/mol. The third-order valence-corrected chi connectivity index (χ3v) is 4.45. The van der Waals surface area contributed by atoms with Crippen molar-refractivity contribution in [1.29, 1.82) is 0 Å². The van der Waals surface area contributed by atoms with Gasteiger partial charge in [0.05, 0.1) is 21.8 Å². The standard InChI is InChI=1S/C16H16Cl2N4O2/c1-9-14-15(19-8-20-16(14)24-22-9)21-13(5-6-23-2)10-3-4-11(17)12(18)7-10/h3-4,7-8,13H,5-6H2,1-2H3,(H,19,20,21). The second kappa shape index (κ2) is 7.34. The van der Waals surface area contributed by atoms with Gasteiger partial charge in [-0.25, -0.2) is 4.98 Å². The van der Waals surface area contributed by atoms with E-state index in [-0.39, 0.29) is 6.04 Å². The summed E-state index contributed by atoms with van der Waals surface area (Å²) in [5.74, 6) is 0.658. The van der Waals surface area contributed by atoms with Crippen molar-refractivity contribution >= 4 is 40.1 Å². The maximum atomic E-state index is 6.16. The maximum absolute atomic E-state index is 6.16. The van der Waals surface area contributed by atoms with Crippen LogP contribution in [0.15, 0.2) is 29.0 Å². The van der Waals surface area contributed by atoms with Crippen molar-refractivity contribution in [2.24, 2.45) is 0 Å². The smallest absolute Gasteiger partial charge is 0.263 e. The first-order valence-electron chi connectivity index (χ1n) is 7.37. The lowest BCUT2D eigenvalue weighted by molar-refractivity contribution is 0.190. The van der Waals surface area contributed by atoms with E-state index in [9.17, 15) is 0 Å². The van der Waals surface area contributed by atoms with Gasteiger partial charge in [0.1, 0.15) is 17.5 Å². The number of aryl methyl sites for hydroxylation is 1. The Balaban J connectivity index is 1.96. The molecule has 2 aromatic heterocycles. The predicted octanol–water partition coefficient (Wildman–Crippen LogP) is 4.42. The van der Waals surface area contributed by atoms with Crippen LogP contribution in [0, 0.1) is 6.92 Å². The average molecular weight is 367 g/mol. The van der Waals surface area contributed by atoms with Gasteiger partial charge in [-0.2, -0.15) is 4.98 Å². The van der Waals surface area contributed by atoms with Gasteiger partial charge in [-0.1, -0.05) is 34.4 Å². The van der Waals surface area contributed by atoms with E-state index in [1.54, 1.807) is 13.2 Å². The Morgan fingerprint density at radius 3 is 2.83 bits per heavy atom. The molecule has 0 spiro atoms. The van der Waals surface area contributed by atoms with E-state index >= 15 is 0 Å². The summed E-state index contributed by atoms with van der Waals surface area (Å²) < 4.78 is 10.4. The summed E-state index contributed by atoms with van der Waals surface area (Å²) in [5.41, 5.74) is 2.17. The summed E-state index contributed by atoms with van der Waals surface area (Å²) in [7, 11) is 1.67. The van der Waals surface area contributed by atoms with Crippen molar-refractivity contribution in [2.45, 2.75) is 19.4 Å². The zero-order valence-corrected chi connectivity index (χ0v) is 14.7. The molecule has 0 saturated carbocycles. The van der Waals surface area contributed by atoms with Crippen LogP contribution in [0.1, 0.15) is 23.7 Å². The monoisotopic (exact) mass is 366 g/mol. The number of fused-ring (bicyclic) bond motifs is 1. The molecule has 0 amide bonds. The Bertz CT molecular complexity index is 853. The molecule has 1 N–H and O–H groups in total. The number of hydrogen-bond donors (Lipinski definition) is 1. The van der Waals surface area contributed by atoms with Gasteiger partial charge in [-0.3, -0.25) is 0 Å². The van der Waals surface area contributed by atoms with Gasteiger partial charge in [0.25, 0.3) is 5.71 Å². The molecule has 0 bridgehead atoms. The number of nitrogens with zero attached hydrogens (tertiary/aromatic N) is 3. The summed E-state index contributed by atoms with van der Waals surface area (Å²) in [6, 6.07) is 5.49. The van der Waals surface area contributed by atoms with Crippen LogP contribution in [-0.2, 0) is 4.74 Å². The SMILES string of the molecule is COCCC(Nc1ncnc2onc(C)c12)c1ccc(Cl)c(Cl)c1. The Morgan fingerprint density at radius 1 is 1.25 bits per heavy atom. The molecule has 0 aliphatic rings. The number of rotatable bonds is 6. The van der Waals surface area contributed by atoms with Gasteiger partial charge in [0.2, 0.25) is 0 Å². The fraction of sp³-hybridized carbons (Fsp3) is 0.312. The van der Waals surface area contributed by atoms with Gasteiger partial charge in [0, 0.05) is 13.7 Å². The first-order valence-corrected chi connectivity index (χ1v) is 8.13. The molecule has 126 valence electrons. The minimum atomic E-state index is -0.0629. The fourth-order valence-electron chi connectivity index (χ4n) is 2.48. The highest BCUT2D eigenvalue weighted by atomic mass is 35.5. The van der Waals surface area contributed by atoms with E-state index in [1.165, 1.54) is 6.33 Å². The number of ether oxygens (including phenoxy) is 1. The third-order valence-electron chi connectivity index (χ3n) is 3.71. The van der Waals surface area contributed by atoms with Crippen LogP contribution in [0.5, 0.6) is 0 Å². The average Bonchev–Trinajstić information content (AvgIpc) is 2.96. The number of nitrogens with one attached hydrogen (secondary N) is 1. The summed E-state index contributed by atoms with van der Waals surface area (Å²) in [6.07, 6.45) is 2.17. The first-order chi connectivity index (χ1) is 11.6. The van der Waals surface area contributed by atoms with Gasteiger partial charge in [0.15, 0.2) is 0 Å². The van der Waals surface area contributed by atoms with Crippen LogP contribution in [0.4, 0.5) is 5.82 Å². The zero-order valence-electron chi connectivity index (χ0n) is 13.2. The molecule has 8 heteroatoms. The highest BCUT2D eigenvalue weighted by molar-refractivity contribution is 6.42. The van der Waals surface area contributed by atoms with Gasteiger partial charge in [-0.15, -0.1) is 0 Å². The lowest BCUT2D eigenvalue weighted by Gasteiger charge is -2.20. The topological polar surface area (TPSA) is 73.1 Å². The van der Waals surface area contributed by atoms with Crippen LogP contribution >= 0.6 is 23.2 Å². The summed E-state index contributed by atoms with van der Waals surface area (Å²) >= 11 is 12.2. The minimum Gasteiger partial charge on any atom is -0.385 e. The molecule has 24 heavy (non-hydrogen) atoms. The highest BCUT2D eigenvalue weighted by Gasteiger charge is 2.18. The maximum Gasteiger partial charge on any atom is 0.263 e. The van der Waals surface area contributed by atoms with Crippen LogP contribution in [0.3, 0.4) is 0 Å². The van der Waals surface area contributed by atoms with Crippen molar-refractivity contribution < 1.29 is 9.26 Å². The normalized spacial score (nSPS) is 12.5. The van der Waals surface area contributed by atoms with Crippen molar-refractivity contribution in [3.63, 3.8) is 0 Å². The molecule has 1 unspecified atom stereocenters. The molecule has 1 aromatic carbocycles. The van der Waals surface area contributed by atoms with E-state index in [0.717, 1.165) is 23.1 Å². The summed E-state index contributed by atoms with van der Waals surface area (Å²) in [4.78, 5) is 8.42. The second-order valence-electron chi connectivity index (χ2n) is 5.32. The number of hydrogen-bond acceptors (Lipinski definition) is 6. The lowest BCUT2D eigenvalue weighted by Crippen LogP contribution is -2.14. The van der Waals surface area contributed by atoms with E-state index in [1.807, 2.05) is 19.1 Å². The zero-order chi connectivity index (χ0) is 17.1. The number of methoxy groups -OCH3 is 1. The molecule has 0 radical (unpaired) electrons. The van der Waals surface area contributed by atoms with E-state index in [4.69, 9.17) is 32.5 Å². The molecular weight excluding hydrogens is 351 g/mol. The molecular formula is C16H16Cl2N4O2. The largest absolute Gasteiger partial charge is 0.385 e. The molecule has 0 aliphatic heterocycles. The van der Waals surface area contributed by atoms with Crippen LogP contribution in [0.2, 0.25) is 10.0 Å². The second-order valence-corrected chi connectivity index (χ2v) is 6.14. The molecule has 0 saturated heterocycles. The molecule has 6 nitrogen and oxygen atoms in total. The molecule has 0 fully saturated rings. The Labute approximate surface area is 149 Å². The number of halogens is 2. The molecule has 3 rings (SSSR count). The van der Waals surface area contributed by atoms with E-state index in [2.05, 4.69) is 20.4 Å². The Morgan fingerprint density at radius 2 is 2.08 bits per heavy atom. The molecule has 1 atom stereocenters. The molecule has 0 aliphatic carbocycles. The summed E-state index contributed by atoms with van der Waals surface area (Å²) in [6.45, 7) is 2.43. The van der Waals surface area contributed by atoms with E-state index < -0.39 is 0 Å². The minimum absolute atomic E-state index is 0.0629. The van der Waals surface area contributed by atoms with Crippen LogP contribution in [-0.4, -0.2) is 28.8 Å². The Hall–Kier alpha value is -1.89. The molecule has 3 aromatic rings. The highest BCUT2D eigenvalue weighted by Crippen LogP contribution is 2.31. The lowest BCUT2D eigenvalue weighted by atomic mass is 10.0. The van der Waals surface area contributed by atoms with Crippen molar-refractivity contribution in [3.05, 3.63) is 45.8 Å². The number of benzene rings is 1.